The number of likely N-dealkylation sites (N-methyl/N-ethyl adjacent to an activating group) is 1. The second kappa shape index (κ2) is 8.49. The van der Waals surface area contributed by atoms with Crippen LogP contribution in [0.5, 0.6) is 0 Å². The van der Waals surface area contributed by atoms with Gasteiger partial charge in [-0.05, 0) is 38.5 Å². The van der Waals surface area contributed by atoms with Gasteiger partial charge in [-0.25, -0.2) is 0 Å². The number of amides is 3. The molecule has 2 heterocycles. The van der Waals surface area contributed by atoms with E-state index in [0.717, 1.165) is 22.0 Å². The molecule has 3 amide bonds. The van der Waals surface area contributed by atoms with Gasteiger partial charge in [0.1, 0.15) is 11.2 Å². The van der Waals surface area contributed by atoms with Crippen LogP contribution in [0.25, 0.3) is 10.9 Å². The van der Waals surface area contributed by atoms with Gasteiger partial charge in [-0.15, -0.1) is 0 Å². The molecule has 7 nitrogen and oxygen atoms in total. The Balaban J connectivity index is 1.47. The molecule has 1 aliphatic heterocycles. The highest BCUT2D eigenvalue weighted by Gasteiger charge is 2.46. The highest BCUT2D eigenvalue weighted by atomic mass is 16.2. The fourth-order valence-electron chi connectivity index (χ4n) is 4.44. The van der Waals surface area contributed by atoms with Gasteiger partial charge in [0.25, 0.3) is 5.91 Å². The molecule has 2 N–H and O–H groups in total. The minimum atomic E-state index is -1.10. The lowest BCUT2D eigenvalue weighted by Crippen LogP contribution is -2.64. The maximum absolute atomic E-state index is 13.2. The van der Waals surface area contributed by atoms with Crippen LogP contribution in [0.15, 0.2) is 54.6 Å². The number of aryl methyl sites for hydroxylation is 1. The van der Waals surface area contributed by atoms with Crippen molar-refractivity contribution >= 4 is 28.6 Å². The first-order chi connectivity index (χ1) is 15.3. The van der Waals surface area contributed by atoms with Crippen molar-refractivity contribution in [2.45, 2.75) is 39.4 Å². The van der Waals surface area contributed by atoms with E-state index in [9.17, 15) is 14.4 Å². The van der Waals surface area contributed by atoms with E-state index in [4.69, 9.17) is 0 Å². The van der Waals surface area contributed by atoms with Crippen molar-refractivity contribution in [3.8, 4) is 0 Å². The Morgan fingerprint density at radius 1 is 1.06 bits per heavy atom. The van der Waals surface area contributed by atoms with E-state index in [0.29, 0.717) is 25.3 Å². The Labute approximate surface area is 187 Å². The van der Waals surface area contributed by atoms with Gasteiger partial charge in [0.2, 0.25) is 11.8 Å². The van der Waals surface area contributed by atoms with E-state index in [1.54, 1.807) is 11.8 Å². The van der Waals surface area contributed by atoms with E-state index in [1.165, 1.54) is 0 Å². The zero-order valence-electron chi connectivity index (χ0n) is 18.6. The average molecular weight is 433 g/mol. The minimum absolute atomic E-state index is 0.148. The molecule has 0 radical (unpaired) electrons. The number of fused-ring (bicyclic) bond motifs is 3. The fraction of sp³-hybridized carbons (Fsp3) is 0.320. The molecule has 3 aromatic rings. The molecule has 166 valence electrons. The number of nitrogens with zero attached hydrogens (tertiary/aromatic N) is 2. The molecule has 1 aromatic heterocycles. The second-order valence-corrected chi connectivity index (χ2v) is 8.45. The summed E-state index contributed by atoms with van der Waals surface area (Å²) < 4.78 is 1.90. The first kappa shape index (κ1) is 21.6. The first-order valence-corrected chi connectivity index (χ1v) is 10.8. The van der Waals surface area contributed by atoms with Crippen LogP contribution < -0.4 is 10.6 Å². The predicted molar refractivity (Wildman–Crippen MR) is 123 cm³/mol. The maximum Gasteiger partial charge on any atom is 0.271 e. The van der Waals surface area contributed by atoms with Crippen molar-refractivity contribution in [1.29, 1.82) is 0 Å². The van der Waals surface area contributed by atoms with Crippen LogP contribution in [0, 0.1) is 6.92 Å². The molecule has 0 unspecified atom stereocenters. The number of carbonyl (C=O) groups excluding carboxylic acids is 3. The minimum Gasteiger partial charge on any atom is -0.350 e. The summed E-state index contributed by atoms with van der Waals surface area (Å²) in [7, 11) is 0. The summed E-state index contributed by atoms with van der Waals surface area (Å²) in [5.74, 6) is -0.806. The predicted octanol–water partition coefficient (Wildman–Crippen LogP) is 2.62. The standard InChI is InChI=1S/C25H28N4O3/c1-4-29-23(31)21-13-19-10-5-6-11-20(19)28(21)16-25(29,3)24(32)27-15-22(30)26-14-18-9-7-8-17(2)12-18/h5-13H,4,14-16H2,1-3H3,(H,26,30)(H,27,32)/t25-/m0/s1. The first-order valence-electron chi connectivity index (χ1n) is 10.8. The number of hydrogen-bond acceptors (Lipinski definition) is 3. The summed E-state index contributed by atoms with van der Waals surface area (Å²) in [4.78, 5) is 40.3. The van der Waals surface area contributed by atoms with Crippen LogP contribution in [0.4, 0.5) is 0 Å². The van der Waals surface area contributed by atoms with E-state index in [2.05, 4.69) is 10.6 Å². The summed E-state index contributed by atoms with van der Waals surface area (Å²) in [6.45, 7) is 6.58. The number of carbonyl (C=O) groups is 3. The molecule has 1 aliphatic rings. The number of rotatable bonds is 6. The van der Waals surface area contributed by atoms with E-state index < -0.39 is 5.54 Å². The molecular weight excluding hydrogens is 404 g/mol. The smallest absolute Gasteiger partial charge is 0.271 e. The lowest BCUT2D eigenvalue weighted by Gasteiger charge is -2.43. The third kappa shape index (κ3) is 3.86. The van der Waals surface area contributed by atoms with Crippen LogP contribution in [-0.2, 0) is 22.7 Å². The number of benzene rings is 2. The Hall–Kier alpha value is -3.61. The Bertz CT molecular complexity index is 1200. The monoisotopic (exact) mass is 432 g/mol. The molecule has 0 spiro atoms. The molecule has 32 heavy (non-hydrogen) atoms. The number of aromatic nitrogens is 1. The molecule has 0 saturated carbocycles. The van der Waals surface area contributed by atoms with Crippen molar-refractivity contribution in [2.75, 3.05) is 13.1 Å². The topological polar surface area (TPSA) is 83.4 Å². The lowest BCUT2D eigenvalue weighted by molar-refractivity contribution is -0.134. The second-order valence-electron chi connectivity index (χ2n) is 8.45. The largest absolute Gasteiger partial charge is 0.350 e. The van der Waals surface area contributed by atoms with Crippen molar-refractivity contribution in [3.05, 3.63) is 71.4 Å². The third-order valence-corrected chi connectivity index (χ3v) is 6.12. The molecular formula is C25H28N4O3. The molecule has 7 heteroatoms. The van der Waals surface area contributed by atoms with E-state index in [-0.39, 0.29) is 24.3 Å². The van der Waals surface area contributed by atoms with Crippen LogP contribution in [0.3, 0.4) is 0 Å². The Morgan fingerprint density at radius 3 is 2.59 bits per heavy atom. The van der Waals surface area contributed by atoms with Gasteiger partial charge in [-0.3, -0.25) is 14.4 Å². The zero-order chi connectivity index (χ0) is 22.9. The average Bonchev–Trinajstić information content (AvgIpc) is 3.15. The summed E-state index contributed by atoms with van der Waals surface area (Å²) >= 11 is 0. The molecule has 0 bridgehead atoms. The highest BCUT2D eigenvalue weighted by Crippen LogP contribution is 2.32. The quantitative estimate of drug-likeness (QED) is 0.628. The molecule has 0 fully saturated rings. The van der Waals surface area contributed by atoms with Gasteiger partial charge in [0.15, 0.2) is 0 Å². The number of para-hydroxylation sites is 1. The van der Waals surface area contributed by atoms with Gasteiger partial charge in [-0.1, -0.05) is 48.0 Å². The summed E-state index contributed by atoms with van der Waals surface area (Å²) in [5.41, 5.74) is 2.52. The van der Waals surface area contributed by atoms with Gasteiger partial charge in [0.05, 0.1) is 13.1 Å². The maximum atomic E-state index is 13.2. The van der Waals surface area contributed by atoms with E-state index >= 15 is 0 Å². The van der Waals surface area contributed by atoms with E-state index in [1.807, 2.05) is 73.0 Å². The summed E-state index contributed by atoms with van der Waals surface area (Å²) in [6, 6.07) is 17.5. The van der Waals surface area contributed by atoms with Crippen LogP contribution in [0.1, 0.15) is 35.5 Å². The number of hydrogen-bond donors (Lipinski definition) is 2. The highest BCUT2D eigenvalue weighted by molar-refractivity contribution is 6.04. The lowest BCUT2D eigenvalue weighted by atomic mass is 9.95. The van der Waals surface area contributed by atoms with Crippen molar-refractivity contribution < 1.29 is 14.4 Å². The molecule has 4 rings (SSSR count). The third-order valence-electron chi connectivity index (χ3n) is 6.12. The van der Waals surface area contributed by atoms with Gasteiger partial charge < -0.3 is 20.1 Å². The van der Waals surface area contributed by atoms with Crippen LogP contribution >= 0.6 is 0 Å². The molecule has 1 atom stereocenters. The Kier molecular flexibility index (Phi) is 5.74. The molecule has 0 aliphatic carbocycles. The molecule has 2 aromatic carbocycles. The molecule has 0 saturated heterocycles. The Morgan fingerprint density at radius 2 is 1.84 bits per heavy atom. The van der Waals surface area contributed by atoms with Crippen LogP contribution in [-0.4, -0.2) is 45.8 Å². The van der Waals surface area contributed by atoms with Gasteiger partial charge in [-0.2, -0.15) is 0 Å². The van der Waals surface area contributed by atoms with Gasteiger partial charge >= 0.3 is 0 Å². The van der Waals surface area contributed by atoms with Crippen molar-refractivity contribution in [1.82, 2.24) is 20.1 Å². The summed E-state index contributed by atoms with van der Waals surface area (Å²) in [5, 5.41) is 6.53. The normalized spacial score (nSPS) is 17.8. The number of nitrogens with one attached hydrogen (secondary N) is 2. The van der Waals surface area contributed by atoms with Crippen molar-refractivity contribution in [2.24, 2.45) is 0 Å². The van der Waals surface area contributed by atoms with Gasteiger partial charge in [0, 0.05) is 24.0 Å². The van der Waals surface area contributed by atoms with Crippen LogP contribution in [0.2, 0.25) is 0 Å². The zero-order valence-corrected chi connectivity index (χ0v) is 18.6. The SMILES string of the molecule is CCN1C(=O)c2cc3ccccc3n2C[C@@]1(C)C(=O)NCC(=O)NCc1cccc(C)c1. The fourth-order valence-corrected chi connectivity index (χ4v) is 4.44. The van der Waals surface area contributed by atoms with Crippen molar-refractivity contribution in [3.63, 3.8) is 0 Å². The summed E-state index contributed by atoms with van der Waals surface area (Å²) in [6.07, 6.45) is 0.